The highest BCUT2D eigenvalue weighted by atomic mass is 19.1. The van der Waals surface area contributed by atoms with E-state index in [2.05, 4.69) is 35.1 Å². The van der Waals surface area contributed by atoms with Crippen LogP contribution in [0.2, 0.25) is 0 Å². The highest BCUT2D eigenvalue weighted by Crippen LogP contribution is 2.19. The molecule has 0 N–H and O–H groups in total. The lowest BCUT2D eigenvalue weighted by molar-refractivity contribution is 0.153. The second-order valence-electron chi connectivity index (χ2n) is 7.57. The van der Waals surface area contributed by atoms with E-state index in [0.717, 1.165) is 57.2 Å². The zero-order valence-electron chi connectivity index (χ0n) is 16.1. The quantitative estimate of drug-likeness (QED) is 0.723. The lowest BCUT2D eigenvalue weighted by Gasteiger charge is -2.33. The molecular weight excluding hydrogens is 327 g/mol. The van der Waals surface area contributed by atoms with Crippen LogP contribution in [0.1, 0.15) is 30.9 Å². The van der Waals surface area contributed by atoms with Gasteiger partial charge in [0.05, 0.1) is 6.20 Å². The molecule has 0 unspecified atom stereocenters. The summed E-state index contributed by atoms with van der Waals surface area (Å²) in [5.41, 5.74) is 2.39. The summed E-state index contributed by atoms with van der Waals surface area (Å²) >= 11 is 0. The van der Waals surface area contributed by atoms with Crippen molar-refractivity contribution in [1.29, 1.82) is 0 Å². The Bertz CT molecular complexity index is 676. The fourth-order valence-corrected chi connectivity index (χ4v) is 3.85. The monoisotopic (exact) mass is 358 g/mol. The first kappa shape index (κ1) is 19.1. The number of aryl methyl sites for hydroxylation is 1. The van der Waals surface area contributed by atoms with Crippen LogP contribution in [0.4, 0.5) is 4.39 Å². The summed E-state index contributed by atoms with van der Waals surface area (Å²) < 4.78 is 15.2. The Labute approximate surface area is 156 Å². The van der Waals surface area contributed by atoms with Gasteiger partial charge >= 0.3 is 0 Å². The molecule has 2 aromatic rings. The summed E-state index contributed by atoms with van der Waals surface area (Å²) in [7, 11) is 2.21. The predicted molar refractivity (Wildman–Crippen MR) is 104 cm³/mol. The van der Waals surface area contributed by atoms with Crippen LogP contribution in [-0.4, -0.2) is 52.8 Å². The summed E-state index contributed by atoms with van der Waals surface area (Å²) in [6.45, 7) is 8.50. The third kappa shape index (κ3) is 5.64. The van der Waals surface area contributed by atoms with Gasteiger partial charge in [-0.15, -0.1) is 0 Å². The van der Waals surface area contributed by atoms with Crippen molar-refractivity contribution in [2.75, 3.05) is 33.2 Å². The van der Waals surface area contributed by atoms with Crippen LogP contribution in [0, 0.1) is 11.7 Å². The fraction of sp³-hybridized carbons (Fsp3) is 0.571. The highest BCUT2D eigenvalue weighted by molar-refractivity contribution is 5.16. The van der Waals surface area contributed by atoms with Gasteiger partial charge in [0, 0.05) is 37.9 Å². The third-order valence-corrected chi connectivity index (χ3v) is 5.35. The number of nitrogens with zero attached hydrogens (tertiary/aromatic N) is 4. The van der Waals surface area contributed by atoms with Gasteiger partial charge < -0.3 is 9.80 Å². The van der Waals surface area contributed by atoms with Crippen molar-refractivity contribution in [2.45, 2.75) is 39.3 Å². The molecule has 1 aliphatic heterocycles. The number of hydrogen-bond acceptors (Lipinski definition) is 3. The molecule has 142 valence electrons. The number of aromatic nitrogens is 2. The lowest BCUT2D eigenvalue weighted by Crippen LogP contribution is -2.38. The van der Waals surface area contributed by atoms with E-state index < -0.39 is 0 Å². The van der Waals surface area contributed by atoms with Crippen LogP contribution < -0.4 is 0 Å². The molecule has 1 fully saturated rings. The molecule has 1 saturated heterocycles. The van der Waals surface area contributed by atoms with E-state index in [1.807, 2.05) is 16.9 Å². The Morgan fingerprint density at radius 1 is 1.23 bits per heavy atom. The summed E-state index contributed by atoms with van der Waals surface area (Å²) in [6, 6.07) is 6.99. The molecule has 0 saturated carbocycles. The molecular formula is C21H31FN4. The van der Waals surface area contributed by atoms with Crippen molar-refractivity contribution in [3.8, 4) is 0 Å². The van der Waals surface area contributed by atoms with Crippen LogP contribution in [0.3, 0.4) is 0 Å². The summed E-state index contributed by atoms with van der Waals surface area (Å²) in [5, 5.41) is 4.36. The second-order valence-corrected chi connectivity index (χ2v) is 7.57. The standard InChI is InChI=1S/C21H31FN4/c1-3-26-17-20(14-23-26)16-24(2)15-19-8-11-25(12-9-19)10-7-18-5-4-6-21(22)13-18/h4-6,13-14,17,19H,3,7-12,15-16H2,1-2H3. The molecule has 0 amide bonds. The van der Waals surface area contributed by atoms with Crippen molar-refractivity contribution in [1.82, 2.24) is 19.6 Å². The molecule has 1 aromatic carbocycles. The van der Waals surface area contributed by atoms with Gasteiger partial charge in [0.15, 0.2) is 0 Å². The predicted octanol–water partition coefficient (Wildman–Crippen LogP) is 3.43. The van der Waals surface area contributed by atoms with Gasteiger partial charge in [-0.1, -0.05) is 12.1 Å². The number of hydrogen-bond donors (Lipinski definition) is 0. The first-order chi connectivity index (χ1) is 12.6. The smallest absolute Gasteiger partial charge is 0.123 e. The number of piperidine rings is 1. The normalized spacial score (nSPS) is 16.5. The van der Waals surface area contributed by atoms with Crippen molar-refractivity contribution < 1.29 is 4.39 Å². The van der Waals surface area contributed by atoms with E-state index >= 15 is 0 Å². The lowest BCUT2D eigenvalue weighted by atomic mass is 9.96. The molecule has 5 heteroatoms. The maximum absolute atomic E-state index is 13.3. The number of likely N-dealkylation sites (tertiary alicyclic amines) is 1. The zero-order valence-corrected chi connectivity index (χ0v) is 16.1. The van der Waals surface area contributed by atoms with Crippen LogP contribution in [-0.2, 0) is 19.5 Å². The molecule has 0 bridgehead atoms. The fourth-order valence-electron chi connectivity index (χ4n) is 3.85. The van der Waals surface area contributed by atoms with E-state index in [1.165, 1.54) is 24.5 Å². The van der Waals surface area contributed by atoms with E-state index in [1.54, 1.807) is 12.1 Å². The summed E-state index contributed by atoms with van der Waals surface area (Å²) in [5.74, 6) is 0.639. The van der Waals surface area contributed by atoms with Gasteiger partial charge in [0.2, 0.25) is 0 Å². The van der Waals surface area contributed by atoms with Crippen molar-refractivity contribution in [3.63, 3.8) is 0 Å². The van der Waals surface area contributed by atoms with Crippen LogP contribution in [0.15, 0.2) is 36.7 Å². The Morgan fingerprint density at radius 3 is 2.73 bits per heavy atom. The molecule has 0 spiro atoms. The molecule has 0 atom stereocenters. The van der Waals surface area contributed by atoms with E-state index in [0.29, 0.717) is 0 Å². The maximum Gasteiger partial charge on any atom is 0.123 e. The Morgan fingerprint density at radius 2 is 2.04 bits per heavy atom. The first-order valence-corrected chi connectivity index (χ1v) is 9.79. The molecule has 1 aromatic heterocycles. The van der Waals surface area contributed by atoms with Gasteiger partial charge in [-0.25, -0.2) is 4.39 Å². The topological polar surface area (TPSA) is 24.3 Å². The first-order valence-electron chi connectivity index (χ1n) is 9.79. The van der Waals surface area contributed by atoms with Crippen LogP contribution in [0.25, 0.3) is 0 Å². The minimum Gasteiger partial charge on any atom is -0.303 e. The van der Waals surface area contributed by atoms with Gasteiger partial charge in [-0.2, -0.15) is 5.10 Å². The minimum atomic E-state index is -0.131. The average molecular weight is 359 g/mol. The Kier molecular flexibility index (Phi) is 6.80. The third-order valence-electron chi connectivity index (χ3n) is 5.35. The number of benzene rings is 1. The van der Waals surface area contributed by atoms with Crippen molar-refractivity contribution in [3.05, 3.63) is 53.6 Å². The van der Waals surface area contributed by atoms with Crippen molar-refractivity contribution in [2.24, 2.45) is 5.92 Å². The summed E-state index contributed by atoms with van der Waals surface area (Å²) in [4.78, 5) is 4.94. The summed E-state index contributed by atoms with van der Waals surface area (Å²) in [6.07, 6.45) is 7.56. The molecule has 26 heavy (non-hydrogen) atoms. The Hall–Kier alpha value is -1.72. The van der Waals surface area contributed by atoms with E-state index in [9.17, 15) is 4.39 Å². The van der Waals surface area contributed by atoms with E-state index in [-0.39, 0.29) is 5.82 Å². The van der Waals surface area contributed by atoms with E-state index in [4.69, 9.17) is 0 Å². The van der Waals surface area contributed by atoms with Gasteiger partial charge in [-0.3, -0.25) is 4.68 Å². The highest BCUT2D eigenvalue weighted by Gasteiger charge is 2.20. The largest absolute Gasteiger partial charge is 0.303 e. The maximum atomic E-state index is 13.3. The SMILES string of the molecule is CCn1cc(CN(C)CC2CCN(CCc3cccc(F)c3)CC2)cn1. The molecule has 3 rings (SSSR count). The van der Waals surface area contributed by atoms with Gasteiger partial charge in [-0.05, 0) is 69.9 Å². The Balaban J connectivity index is 1.36. The number of halogens is 1. The second kappa shape index (κ2) is 9.28. The van der Waals surface area contributed by atoms with Crippen molar-refractivity contribution >= 4 is 0 Å². The van der Waals surface area contributed by atoms with Crippen LogP contribution >= 0.6 is 0 Å². The zero-order chi connectivity index (χ0) is 18.4. The molecule has 4 nitrogen and oxygen atoms in total. The minimum absolute atomic E-state index is 0.131. The molecule has 1 aliphatic rings. The molecule has 2 heterocycles. The molecule has 0 aliphatic carbocycles. The van der Waals surface area contributed by atoms with Crippen LogP contribution in [0.5, 0.6) is 0 Å². The van der Waals surface area contributed by atoms with Gasteiger partial charge in [0.25, 0.3) is 0 Å². The average Bonchev–Trinajstić information content (AvgIpc) is 3.08. The van der Waals surface area contributed by atoms with Gasteiger partial charge in [0.1, 0.15) is 5.82 Å². The number of rotatable bonds is 8. The molecule has 0 radical (unpaired) electrons.